The van der Waals surface area contributed by atoms with Crippen LogP contribution >= 0.6 is 0 Å². The quantitative estimate of drug-likeness (QED) is 0.783. The van der Waals surface area contributed by atoms with Crippen molar-refractivity contribution in [3.05, 3.63) is 35.6 Å². The highest BCUT2D eigenvalue weighted by atomic mass is 19.1. The van der Waals surface area contributed by atoms with Crippen LogP contribution in [-0.2, 0) is 14.3 Å². The van der Waals surface area contributed by atoms with Crippen molar-refractivity contribution < 1.29 is 18.7 Å². The molecule has 0 amide bonds. The molecule has 2 atom stereocenters. The maximum atomic E-state index is 13.5. The number of hydrogen-bond donors (Lipinski definition) is 1. The number of esters is 1. The van der Waals surface area contributed by atoms with Crippen molar-refractivity contribution in [2.45, 2.75) is 12.1 Å². The molecular formula is C12H14FNO3. The monoisotopic (exact) mass is 239 g/mol. The van der Waals surface area contributed by atoms with Crippen molar-refractivity contribution in [2.24, 2.45) is 0 Å². The third-order valence-corrected chi connectivity index (χ3v) is 2.75. The fourth-order valence-electron chi connectivity index (χ4n) is 1.81. The molecular weight excluding hydrogens is 225 g/mol. The number of halogens is 1. The molecule has 1 aliphatic rings. The molecule has 0 aromatic heterocycles. The van der Waals surface area contributed by atoms with E-state index in [9.17, 15) is 9.18 Å². The Morgan fingerprint density at radius 1 is 1.53 bits per heavy atom. The smallest absolute Gasteiger partial charge is 0.325 e. The van der Waals surface area contributed by atoms with Crippen LogP contribution in [0.4, 0.5) is 4.39 Å². The second-order valence-corrected chi connectivity index (χ2v) is 3.83. The van der Waals surface area contributed by atoms with Gasteiger partial charge in [-0.3, -0.25) is 10.1 Å². The number of ether oxygens (including phenoxy) is 2. The fourth-order valence-corrected chi connectivity index (χ4v) is 1.81. The molecule has 1 N–H and O–H groups in total. The van der Waals surface area contributed by atoms with Crippen LogP contribution in [0.2, 0.25) is 0 Å². The maximum absolute atomic E-state index is 13.5. The van der Waals surface area contributed by atoms with Crippen LogP contribution in [0.1, 0.15) is 11.7 Å². The van der Waals surface area contributed by atoms with Gasteiger partial charge < -0.3 is 9.47 Å². The second kappa shape index (κ2) is 5.25. The molecule has 92 valence electrons. The Hall–Kier alpha value is -1.46. The summed E-state index contributed by atoms with van der Waals surface area (Å²) in [4.78, 5) is 11.2. The molecule has 1 aromatic rings. The van der Waals surface area contributed by atoms with Gasteiger partial charge >= 0.3 is 5.97 Å². The minimum absolute atomic E-state index is 0.186. The van der Waals surface area contributed by atoms with E-state index in [4.69, 9.17) is 4.74 Å². The van der Waals surface area contributed by atoms with Crippen LogP contribution < -0.4 is 5.32 Å². The van der Waals surface area contributed by atoms with Crippen LogP contribution in [0.25, 0.3) is 0 Å². The van der Waals surface area contributed by atoms with Gasteiger partial charge in [-0.05, 0) is 6.07 Å². The van der Waals surface area contributed by atoms with Crippen LogP contribution in [0.15, 0.2) is 24.3 Å². The molecule has 0 bridgehead atoms. The van der Waals surface area contributed by atoms with Gasteiger partial charge in [-0.1, -0.05) is 18.2 Å². The van der Waals surface area contributed by atoms with Crippen molar-refractivity contribution in [1.29, 1.82) is 0 Å². The predicted molar refractivity (Wildman–Crippen MR) is 58.9 cm³/mol. The normalized spacial score (nSPS) is 24.4. The minimum atomic E-state index is -0.469. The highest BCUT2D eigenvalue weighted by Crippen LogP contribution is 2.22. The van der Waals surface area contributed by atoms with E-state index in [0.29, 0.717) is 12.1 Å². The van der Waals surface area contributed by atoms with Crippen molar-refractivity contribution >= 4 is 5.97 Å². The van der Waals surface area contributed by atoms with E-state index in [0.717, 1.165) is 0 Å². The number of methoxy groups -OCH3 is 1. The number of benzene rings is 1. The average molecular weight is 239 g/mol. The lowest BCUT2D eigenvalue weighted by atomic mass is 10.1. The summed E-state index contributed by atoms with van der Waals surface area (Å²) in [6.45, 7) is 0.576. The van der Waals surface area contributed by atoms with Gasteiger partial charge in [0.05, 0.1) is 19.8 Å². The number of nitrogens with one attached hydrogen (secondary N) is 1. The largest absolute Gasteiger partial charge is 0.468 e. The average Bonchev–Trinajstić information content (AvgIpc) is 2.39. The number of carbonyl (C=O) groups excluding carboxylic acids is 1. The maximum Gasteiger partial charge on any atom is 0.325 e. The van der Waals surface area contributed by atoms with Gasteiger partial charge in [0.1, 0.15) is 11.9 Å². The molecule has 1 heterocycles. The summed E-state index contributed by atoms with van der Waals surface area (Å²) >= 11 is 0. The van der Waals surface area contributed by atoms with Crippen molar-refractivity contribution in [2.75, 3.05) is 20.3 Å². The van der Waals surface area contributed by atoms with Gasteiger partial charge in [-0.2, -0.15) is 0 Å². The molecule has 1 aliphatic heterocycles. The number of carbonyl (C=O) groups is 1. The Labute approximate surface area is 98.7 Å². The summed E-state index contributed by atoms with van der Waals surface area (Å²) in [7, 11) is 1.33. The van der Waals surface area contributed by atoms with Gasteiger partial charge in [-0.25, -0.2) is 4.39 Å². The Balaban J connectivity index is 2.00. The first kappa shape index (κ1) is 12.0. The van der Waals surface area contributed by atoms with E-state index in [2.05, 4.69) is 10.1 Å². The minimum Gasteiger partial charge on any atom is -0.468 e. The molecule has 0 saturated carbocycles. The topological polar surface area (TPSA) is 47.6 Å². The van der Waals surface area contributed by atoms with E-state index in [-0.39, 0.29) is 24.5 Å². The van der Waals surface area contributed by atoms with Crippen LogP contribution in [-0.4, -0.2) is 32.3 Å². The third kappa shape index (κ3) is 2.62. The van der Waals surface area contributed by atoms with E-state index in [1.807, 2.05) is 0 Å². The van der Waals surface area contributed by atoms with Crippen molar-refractivity contribution in [3.63, 3.8) is 0 Å². The second-order valence-electron chi connectivity index (χ2n) is 3.83. The number of rotatable bonds is 2. The molecule has 1 aromatic carbocycles. The Kier molecular flexibility index (Phi) is 3.71. The van der Waals surface area contributed by atoms with Gasteiger partial charge in [0.2, 0.25) is 0 Å². The van der Waals surface area contributed by atoms with Crippen molar-refractivity contribution in [1.82, 2.24) is 5.32 Å². The highest BCUT2D eigenvalue weighted by molar-refractivity contribution is 5.75. The molecule has 5 heteroatoms. The molecule has 2 rings (SSSR count). The molecule has 4 nitrogen and oxygen atoms in total. The summed E-state index contributed by atoms with van der Waals surface area (Å²) in [5, 5.41) is 2.98. The van der Waals surface area contributed by atoms with Crippen LogP contribution in [0.3, 0.4) is 0 Å². The van der Waals surface area contributed by atoms with Crippen LogP contribution in [0.5, 0.6) is 0 Å². The van der Waals surface area contributed by atoms with Gasteiger partial charge in [-0.15, -0.1) is 0 Å². The fraction of sp³-hybridized carbons (Fsp3) is 0.417. The molecule has 0 spiro atoms. The number of morpholine rings is 1. The molecule has 0 radical (unpaired) electrons. The summed E-state index contributed by atoms with van der Waals surface area (Å²) < 4.78 is 23.6. The summed E-state index contributed by atoms with van der Waals surface area (Å²) in [6, 6.07) is 5.99. The molecule has 1 fully saturated rings. The Morgan fingerprint density at radius 2 is 2.29 bits per heavy atom. The molecule has 0 aliphatic carbocycles. The summed E-state index contributed by atoms with van der Waals surface area (Å²) in [5.74, 6) is -0.659. The highest BCUT2D eigenvalue weighted by Gasteiger charge is 2.28. The summed E-state index contributed by atoms with van der Waals surface area (Å²) in [5.41, 5.74) is 0.503. The lowest BCUT2D eigenvalue weighted by molar-refractivity contribution is -0.147. The molecule has 17 heavy (non-hydrogen) atoms. The van der Waals surface area contributed by atoms with E-state index in [1.54, 1.807) is 18.2 Å². The number of hydrogen-bond acceptors (Lipinski definition) is 4. The molecule has 1 saturated heterocycles. The third-order valence-electron chi connectivity index (χ3n) is 2.75. The van der Waals surface area contributed by atoms with Crippen LogP contribution in [0, 0.1) is 5.82 Å². The first-order valence-electron chi connectivity index (χ1n) is 5.39. The predicted octanol–water partition coefficient (Wildman–Crippen LogP) is 1.03. The van der Waals surface area contributed by atoms with Gasteiger partial charge in [0.25, 0.3) is 0 Å². The van der Waals surface area contributed by atoms with Gasteiger partial charge in [0, 0.05) is 12.1 Å². The molecule has 2 unspecified atom stereocenters. The first-order valence-corrected chi connectivity index (χ1v) is 5.39. The lowest BCUT2D eigenvalue weighted by Crippen LogP contribution is -2.48. The SMILES string of the molecule is COC(=O)C1COC(c2ccccc2F)CN1. The Bertz CT molecular complexity index is 402. The lowest BCUT2D eigenvalue weighted by Gasteiger charge is -2.29. The van der Waals surface area contributed by atoms with E-state index in [1.165, 1.54) is 13.2 Å². The van der Waals surface area contributed by atoms with Gasteiger partial charge in [0.15, 0.2) is 0 Å². The standard InChI is InChI=1S/C12H14FNO3/c1-16-12(15)10-7-17-11(6-14-10)8-4-2-3-5-9(8)13/h2-5,10-11,14H,6-7H2,1H3. The zero-order valence-corrected chi connectivity index (χ0v) is 9.48. The Morgan fingerprint density at radius 3 is 2.88 bits per heavy atom. The summed E-state index contributed by atoms with van der Waals surface area (Å²) in [6.07, 6.45) is -0.364. The van der Waals surface area contributed by atoms with E-state index >= 15 is 0 Å². The zero-order chi connectivity index (χ0) is 12.3. The van der Waals surface area contributed by atoms with E-state index < -0.39 is 6.04 Å². The first-order chi connectivity index (χ1) is 8.22. The van der Waals surface area contributed by atoms with Crippen molar-refractivity contribution in [3.8, 4) is 0 Å². The zero-order valence-electron chi connectivity index (χ0n) is 9.48.